The Bertz CT molecular complexity index is 813. The van der Waals surface area contributed by atoms with Gasteiger partial charge in [-0.15, -0.1) is 0 Å². The summed E-state index contributed by atoms with van der Waals surface area (Å²) in [5.74, 6) is 0.221. The molecule has 1 aliphatic rings. The number of hydrogen-bond acceptors (Lipinski definition) is 2. The number of para-hydroxylation sites is 1. The highest BCUT2D eigenvalue weighted by atomic mass is 16.2. The number of nitrogens with two attached hydrogens (primary N) is 1. The van der Waals surface area contributed by atoms with Crippen LogP contribution >= 0.6 is 0 Å². The first kappa shape index (κ1) is 17.0. The van der Waals surface area contributed by atoms with E-state index in [0.717, 1.165) is 30.8 Å². The number of carbonyl (C=O) groups is 1. The highest BCUT2D eigenvalue weighted by molar-refractivity contribution is 5.99. The smallest absolute Gasteiger partial charge is 0.248 e. The van der Waals surface area contributed by atoms with Crippen molar-refractivity contribution in [3.05, 3.63) is 59.2 Å². The van der Waals surface area contributed by atoms with Crippen LogP contribution in [0.15, 0.2) is 47.5 Å². The third kappa shape index (κ3) is 3.99. The quantitative estimate of drug-likeness (QED) is 0.668. The molecule has 1 aliphatic heterocycles. The third-order valence-electron chi connectivity index (χ3n) is 4.58. The van der Waals surface area contributed by atoms with Gasteiger partial charge in [-0.3, -0.25) is 4.79 Å². The van der Waals surface area contributed by atoms with Crippen LogP contribution in [-0.4, -0.2) is 25.0 Å². The van der Waals surface area contributed by atoms with Gasteiger partial charge in [-0.05, 0) is 61.6 Å². The van der Waals surface area contributed by atoms with Crippen LogP contribution in [0.5, 0.6) is 0 Å². The van der Waals surface area contributed by atoms with Gasteiger partial charge in [0.1, 0.15) is 6.54 Å². The van der Waals surface area contributed by atoms with Gasteiger partial charge in [-0.2, -0.15) is 0 Å². The molecule has 0 aliphatic carbocycles. The molecule has 2 aromatic carbocycles. The molecule has 0 atom stereocenters. The molecule has 3 rings (SSSR count). The van der Waals surface area contributed by atoms with E-state index in [1.54, 1.807) is 0 Å². The SMILES string of the molecule is Cc1ccc(NC(N)=NCC(=O)N2CCCc3ccccc32)cc1C. The fourth-order valence-corrected chi connectivity index (χ4v) is 3.04. The average molecular weight is 336 g/mol. The molecular weight excluding hydrogens is 312 g/mol. The minimum atomic E-state index is -0.0306. The summed E-state index contributed by atoms with van der Waals surface area (Å²) in [5.41, 5.74) is 11.4. The van der Waals surface area contributed by atoms with E-state index in [-0.39, 0.29) is 18.4 Å². The van der Waals surface area contributed by atoms with Gasteiger partial charge in [0, 0.05) is 17.9 Å². The molecular formula is C20H24N4O. The third-order valence-corrected chi connectivity index (χ3v) is 4.58. The Labute approximate surface area is 148 Å². The van der Waals surface area contributed by atoms with Crippen LogP contribution in [0.2, 0.25) is 0 Å². The molecule has 0 saturated heterocycles. The van der Waals surface area contributed by atoms with E-state index < -0.39 is 0 Å². The van der Waals surface area contributed by atoms with Gasteiger partial charge in [0.15, 0.2) is 5.96 Å². The molecule has 0 radical (unpaired) electrons. The number of nitrogens with one attached hydrogen (secondary N) is 1. The fraction of sp³-hybridized carbons (Fsp3) is 0.300. The molecule has 1 amide bonds. The van der Waals surface area contributed by atoms with Crippen molar-refractivity contribution < 1.29 is 4.79 Å². The number of aryl methyl sites for hydroxylation is 3. The minimum absolute atomic E-state index is 0.0306. The van der Waals surface area contributed by atoms with Gasteiger partial charge in [0.05, 0.1) is 0 Å². The maximum absolute atomic E-state index is 12.6. The predicted molar refractivity (Wildman–Crippen MR) is 103 cm³/mol. The number of anilines is 2. The van der Waals surface area contributed by atoms with Crippen LogP contribution in [0.1, 0.15) is 23.1 Å². The van der Waals surface area contributed by atoms with Gasteiger partial charge in [-0.1, -0.05) is 24.3 Å². The molecule has 25 heavy (non-hydrogen) atoms. The second-order valence-corrected chi connectivity index (χ2v) is 6.40. The zero-order valence-corrected chi connectivity index (χ0v) is 14.7. The molecule has 0 spiro atoms. The Morgan fingerprint density at radius 2 is 2.00 bits per heavy atom. The number of aliphatic imine (C=N–C) groups is 1. The van der Waals surface area contributed by atoms with Gasteiger partial charge in [-0.25, -0.2) is 4.99 Å². The zero-order valence-electron chi connectivity index (χ0n) is 14.7. The molecule has 0 unspecified atom stereocenters. The Balaban J connectivity index is 1.65. The molecule has 130 valence electrons. The lowest BCUT2D eigenvalue weighted by molar-refractivity contribution is -0.117. The second kappa shape index (κ2) is 7.38. The summed E-state index contributed by atoms with van der Waals surface area (Å²) < 4.78 is 0. The van der Waals surface area contributed by atoms with Crippen molar-refractivity contribution in [3.8, 4) is 0 Å². The number of benzene rings is 2. The molecule has 2 aromatic rings. The van der Waals surface area contributed by atoms with Gasteiger partial charge >= 0.3 is 0 Å². The summed E-state index contributed by atoms with van der Waals surface area (Å²) in [7, 11) is 0. The van der Waals surface area contributed by atoms with E-state index in [0.29, 0.717) is 0 Å². The van der Waals surface area contributed by atoms with Crippen LogP contribution in [0.4, 0.5) is 11.4 Å². The van der Waals surface area contributed by atoms with E-state index in [1.807, 2.05) is 48.2 Å². The first-order valence-electron chi connectivity index (χ1n) is 8.57. The summed E-state index contributed by atoms with van der Waals surface area (Å²) in [4.78, 5) is 18.6. The molecule has 5 nitrogen and oxygen atoms in total. The van der Waals surface area contributed by atoms with E-state index in [9.17, 15) is 4.79 Å². The highest BCUT2D eigenvalue weighted by Crippen LogP contribution is 2.26. The fourth-order valence-electron chi connectivity index (χ4n) is 3.04. The van der Waals surface area contributed by atoms with Crippen LogP contribution in [0.25, 0.3) is 0 Å². The molecule has 0 bridgehead atoms. The Morgan fingerprint density at radius 3 is 2.80 bits per heavy atom. The Kier molecular flexibility index (Phi) is 5.03. The standard InChI is InChI=1S/C20H24N4O/c1-14-9-10-17(12-15(14)2)23-20(21)22-13-19(25)24-11-5-7-16-6-3-4-8-18(16)24/h3-4,6,8-10,12H,5,7,11,13H2,1-2H3,(H3,21,22,23). The van der Waals surface area contributed by atoms with Crippen molar-refractivity contribution in [1.29, 1.82) is 0 Å². The monoisotopic (exact) mass is 336 g/mol. The maximum atomic E-state index is 12.6. The number of nitrogens with zero attached hydrogens (tertiary/aromatic N) is 2. The molecule has 3 N–H and O–H groups in total. The molecule has 0 saturated carbocycles. The summed E-state index contributed by atoms with van der Waals surface area (Å²) in [6.45, 7) is 4.88. The normalized spacial score (nSPS) is 14.2. The largest absolute Gasteiger partial charge is 0.370 e. The van der Waals surface area contributed by atoms with Crippen LogP contribution in [-0.2, 0) is 11.2 Å². The minimum Gasteiger partial charge on any atom is -0.370 e. The summed E-state index contributed by atoms with van der Waals surface area (Å²) >= 11 is 0. The van der Waals surface area contributed by atoms with Crippen molar-refractivity contribution in [1.82, 2.24) is 0 Å². The van der Waals surface area contributed by atoms with Crippen molar-refractivity contribution >= 4 is 23.2 Å². The van der Waals surface area contributed by atoms with E-state index in [2.05, 4.69) is 23.3 Å². The van der Waals surface area contributed by atoms with Crippen molar-refractivity contribution in [2.75, 3.05) is 23.3 Å². The van der Waals surface area contributed by atoms with E-state index in [4.69, 9.17) is 5.73 Å². The lowest BCUT2D eigenvalue weighted by Gasteiger charge is -2.29. The number of guanidine groups is 1. The molecule has 1 heterocycles. The Morgan fingerprint density at radius 1 is 1.20 bits per heavy atom. The van der Waals surface area contributed by atoms with E-state index >= 15 is 0 Å². The van der Waals surface area contributed by atoms with Gasteiger partial charge in [0.2, 0.25) is 5.91 Å². The first-order chi connectivity index (χ1) is 12.0. The summed E-state index contributed by atoms with van der Waals surface area (Å²) in [6, 6.07) is 14.0. The number of hydrogen-bond donors (Lipinski definition) is 2. The topological polar surface area (TPSA) is 70.7 Å². The summed E-state index contributed by atoms with van der Waals surface area (Å²) in [5, 5.41) is 3.04. The number of fused-ring (bicyclic) bond motifs is 1. The first-order valence-corrected chi connectivity index (χ1v) is 8.57. The summed E-state index contributed by atoms with van der Waals surface area (Å²) in [6.07, 6.45) is 1.99. The second-order valence-electron chi connectivity index (χ2n) is 6.40. The lowest BCUT2D eigenvalue weighted by atomic mass is 10.0. The maximum Gasteiger partial charge on any atom is 0.248 e. The number of rotatable bonds is 3. The predicted octanol–water partition coefficient (Wildman–Crippen LogP) is 3.01. The van der Waals surface area contributed by atoms with Crippen LogP contribution in [0.3, 0.4) is 0 Å². The lowest BCUT2D eigenvalue weighted by Crippen LogP contribution is -2.37. The zero-order chi connectivity index (χ0) is 17.8. The van der Waals surface area contributed by atoms with Gasteiger partial charge < -0.3 is 16.0 Å². The molecule has 0 fully saturated rings. The highest BCUT2D eigenvalue weighted by Gasteiger charge is 2.21. The van der Waals surface area contributed by atoms with Crippen molar-refractivity contribution in [2.45, 2.75) is 26.7 Å². The van der Waals surface area contributed by atoms with Crippen molar-refractivity contribution in [2.24, 2.45) is 10.7 Å². The number of amides is 1. The van der Waals surface area contributed by atoms with Gasteiger partial charge in [0.25, 0.3) is 0 Å². The van der Waals surface area contributed by atoms with Crippen LogP contribution < -0.4 is 16.0 Å². The van der Waals surface area contributed by atoms with Crippen molar-refractivity contribution in [3.63, 3.8) is 0 Å². The average Bonchev–Trinajstić information content (AvgIpc) is 2.62. The Hall–Kier alpha value is -2.82. The molecule has 0 aromatic heterocycles. The number of carbonyl (C=O) groups excluding carboxylic acids is 1. The van der Waals surface area contributed by atoms with E-state index in [1.165, 1.54) is 16.7 Å². The molecule has 5 heteroatoms. The van der Waals surface area contributed by atoms with Crippen LogP contribution in [0, 0.1) is 13.8 Å².